The summed E-state index contributed by atoms with van der Waals surface area (Å²) in [6.07, 6.45) is 3.71. The molecule has 0 aliphatic rings. The van der Waals surface area contributed by atoms with Gasteiger partial charge in [-0.2, -0.15) is 0 Å². The van der Waals surface area contributed by atoms with Gasteiger partial charge in [0, 0.05) is 16.8 Å². The predicted octanol–water partition coefficient (Wildman–Crippen LogP) is 1.96. The molecule has 1 aromatic heterocycles. The van der Waals surface area contributed by atoms with E-state index >= 15 is 0 Å². The molecule has 0 radical (unpaired) electrons. The normalized spacial score (nSPS) is 11.8. The first-order chi connectivity index (χ1) is 9.20. The average Bonchev–Trinajstić information content (AvgIpc) is 2.84. The average molecular weight is 324 g/mol. The standard InChI is InChI=1S/C13H14BrN3O2/c1-2-3-8-17-9-12(19-16-17)15-13(18)10-6-4-5-7-11(10)14/h4-7,9H,2-3,8H2,1H3. The number of nitrogens with zero attached hydrogens (tertiary/aromatic N) is 3. The zero-order chi connectivity index (χ0) is 13.7. The number of aromatic nitrogens is 2. The zero-order valence-corrected chi connectivity index (χ0v) is 12.1. The van der Waals surface area contributed by atoms with E-state index in [1.807, 2.05) is 6.07 Å². The lowest BCUT2D eigenvalue weighted by Crippen LogP contribution is -2.34. The van der Waals surface area contributed by atoms with Gasteiger partial charge >= 0.3 is 5.88 Å². The van der Waals surface area contributed by atoms with Gasteiger partial charge in [0.05, 0.1) is 0 Å². The van der Waals surface area contributed by atoms with Gasteiger partial charge in [-0.25, -0.2) is 4.99 Å². The summed E-state index contributed by atoms with van der Waals surface area (Å²) >= 11 is 3.32. The highest BCUT2D eigenvalue weighted by atomic mass is 79.9. The Labute approximate surface area is 119 Å². The first-order valence-electron chi connectivity index (χ1n) is 6.07. The van der Waals surface area contributed by atoms with Crippen molar-refractivity contribution in [3.05, 3.63) is 40.5 Å². The Morgan fingerprint density at radius 2 is 2.26 bits per heavy atom. The van der Waals surface area contributed by atoms with Crippen molar-refractivity contribution >= 4 is 27.7 Å². The summed E-state index contributed by atoms with van der Waals surface area (Å²) in [5.41, 5.74) is 0.499. The minimum atomic E-state index is -0.355. The molecule has 0 atom stereocenters. The van der Waals surface area contributed by atoms with Crippen molar-refractivity contribution in [1.29, 1.82) is 0 Å². The highest BCUT2D eigenvalue weighted by molar-refractivity contribution is 9.10. The number of unbranched alkanes of at least 4 members (excludes halogenated alkanes) is 1. The lowest BCUT2D eigenvalue weighted by Gasteiger charge is -2.10. The molecule has 19 heavy (non-hydrogen) atoms. The van der Waals surface area contributed by atoms with E-state index < -0.39 is 0 Å². The van der Waals surface area contributed by atoms with Crippen molar-refractivity contribution < 1.29 is 14.3 Å². The molecule has 6 heteroatoms. The molecular weight excluding hydrogens is 310 g/mol. The second kappa shape index (κ2) is 6.47. The summed E-state index contributed by atoms with van der Waals surface area (Å²) in [4.78, 5) is 3.90. The number of rotatable bonds is 5. The number of aryl methyl sites for hydroxylation is 1. The van der Waals surface area contributed by atoms with Crippen LogP contribution in [0.4, 0.5) is 5.88 Å². The quantitative estimate of drug-likeness (QED) is 0.480. The van der Waals surface area contributed by atoms with E-state index in [0.29, 0.717) is 10.0 Å². The van der Waals surface area contributed by atoms with Crippen LogP contribution in [0.25, 0.3) is 0 Å². The maximum absolute atomic E-state index is 12.0. The van der Waals surface area contributed by atoms with Crippen molar-refractivity contribution in [2.75, 3.05) is 0 Å². The molecule has 0 bridgehead atoms. The Morgan fingerprint density at radius 1 is 1.47 bits per heavy atom. The smallest absolute Gasteiger partial charge is 0.320 e. The fraction of sp³-hybridized carbons (Fsp3) is 0.308. The lowest BCUT2D eigenvalue weighted by molar-refractivity contribution is -0.762. The molecule has 0 fully saturated rings. The SMILES string of the molecule is CCCC[n+]1cc(/N=C(\[O-])c2ccccc2Br)on1. The van der Waals surface area contributed by atoms with Gasteiger partial charge in [0.1, 0.15) is 0 Å². The third-order valence-corrected chi connectivity index (χ3v) is 3.25. The summed E-state index contributed by atoms with van der Waals surface area (Å²) in [7, 11) is 0. The van der Waals surface area contributed by atoms with Crippen LogP contribution in [0.3, 0.4) is 0 Å². The summed E-state index contributed by atoms with van der Waals surface area (Å²) in [6, 6.07) is 7.13. The minimum absolute atomic E-state index is 0.219. The van der Waals surface area contributed by atoms with Crippen LogP contribution in [0.1, 0.15) is 25.3 Å². The molecule has 0 aliphatic carbocycles. The maximum atomic E-state index is 12.0. The second-order valence-electron chi connectivity index (χ2n) is 4.05. The molecule has 5 nitrogen and oxygen atoms in total. The van der Waals surface area contributed by atoms with E-state index in [4.69, 9.17) is 4.52 Å². The molecule has 0 aliphatic heterocycles. The first-order valence-corrected chi connectivity index (χ1v) is 6.87. The number of halogens is 1. The van der Waals surface area contributed by atoms with Crippen LogP contribution in [0.15, 0.2) is 44.5 Å². The molecule has 0 saturated heterocycles. The fourth-order valence-electron chi connectivity index (χ4n) is 1.54. The Bertz CT molecular complexity index is 581. The Balaban J connectivity index is 2.17. The van der Waals surface area contributed by atoms with Gasteiger partial charge < -0.3 is 5.11 Å². The fourth-order valence-corrected chi connectivity index (χ4v) is 1.99. The monoisotopic (exact) mass is 323 g/mol. The number of benzene rings is 1. The summed E-state index contributed by atoms with van der Waals surface area (Å²) in [5, 5.41) is 15.8. The van der Waals surface area contributed by atoms with Gasteiger partial charge in [0.15, 0.2) is 6.54 Å². The summed E-state index contributed by atoms with van der Waals surface area (Å²) in [5.74, 6) is -0.136. The Morgan fingerprint density at radius 3 is 3.00 bits per heavy atom. The second-order valence-corrected chi connectivity index (χ2v) is 4.91. The van der Waals surface area contributed by atoms with Gasteiger partial charge in [-0.1, -0.05) is 52.2 Å². The summed E-state index contributed by atoms with van der Waals surface area (Å²) < 4.78 is 7.36. The van der Waals surface area contributed by atoms with E-state index in [9.17, 15) is 5.11 Å². The molecule has 0 N–H and O–H groups in total. The minimum Gasteiger partial charge on any atom is -0.858 e. The molecule has 1 heterocycles. The number of hydrogen-bond acceptors (Lipinski definition) is 4. The predicted molar refractivity (Wildman–Crippen MR) is 71.9 cm³/mol. The Kier molecular flexibility index (Phi) is 4.68. The van der Waals surface area contributed by atoms with Gasteiger partial charge in [-0.15, -0.1) is 0 Å². The molecule has 2 rings (SSSR count). The maximum Gasteiger partial charge on any atom is 0.320 e. The van der Waals surface area contributed by atoms with Crippen LogP contribution in [-0.4, -0.2) is 11.2 Å². The van der Waals surface area contributed by atoms with Gasteiger partial charge in [-0.3, -0.25) is 4.52 Å². The van der Waals surface area contributed by atoms with Crippen LogP contribution in [-0.2, 0) is 6.54 Å². The van der Waals surface area contributed by atoms with E-state index in [0.717, 1.165) is 19.4 Å². The molecule has 1 aromatic carbocycles. The van der Waals surface area contributed by atoms with Crippen molar-refractivity contribution in [3.8, 4) is 0 Å². The molecule has 2 aromatic rings. The van der Waals surface area contributed by atoms with Crippen molar-refractivity contribution in [1.82, 2.24) is 5.27 Å². The van der Waals surface area contributed by atoms with Crippen LogP contribution in [0.2, 0.25) is 0 Å². The van der Waals surface area contributed by atoms with Gasteiger partial charge in [-0.05, 0) is 11.6 Å². The van der Waals surface area contributed by atoms with Gasteiger partial charge in [0.2, 0.25) is 5.27 Å². The molecule has 100 valence electrons. The topological polar surface area (TPSA) is 65.3 Å². The van der Waals surface area contributed by atoms with Crippen LogP contribution in [0.5, 0.6) is 0 Å². The molecule has 0 saturated carbocycles. The summed E-state index contributed by atoms with van der Waals surface area (Å²) in [6.45, 7) is 2.86. The third kappa shape index (κ3) is 3.64. The van der Waals surface area contributed by atoms with Crippen molar-refractivity contribution in [2.24, 2.45) is 4.99 Å². The Hall–Kier alpha value is -1.69. The largest absolute Gasteiger partial charge is 0.858 e. The number of hydrogen-bond donors (Lipinski definition) is 0. The molecule has 0 amide bonds. The highest BCUT2D eigenvalue weighted by Gasteiger charge is 2.09. The zero-order valence-electron chi connectivity index (χ0n) is 10.5. The van der Waals surface area contributed by atoms with Crippen LogP contribution in [0, 0.1) is 0 Å². The lowest BCUT2D eigenvalue weighted by atomic mass is 10.2. The van der Waals surface area contributed by atoms with E-state index in [1.165, 1.54) is 0 Å². The molecule has 0 spiro atoms. The third-order valence-electron chi connectivity index (χ3n) is 2.56. The highest BCUT2D eigenvalue weighted by Crippen LogP contribution is 2.17. The first kappa shape index (κ1) is 13.7. The van der Waals surface area contributed by atoms with Crippen LogP contribution >= 0.6 is 15.9 Å². The van der Waals surface area contributed by atoms with E-state index in [1.54, 1.807) is 29.1 Å². The van der Waals surface area contributed by atoms with Gasteiger partial charge in [0.25, 0.3) is 6.20 Å². The van der Waals surface area contributed by atoms with E-state index in [-0.39, 0.29) is 11.8 Å². The van der Waals surface area contributed by atoms with Crippen molar-refractivity contribution in [3.63, 3.8) is 0 Å². The van der Waals surface area contributed by atoms with E-state index in [2.05, 4.69) is 33.1 Å². The molecule has 0 unspecified atom stereocenters. The van der Waals surface area contributed by atoms with Crippen LogP contribution < -0.4 is 9.79 Å². The van der Waals surface area contributed by atoms with Crippen molar-refractivity contribution in [2.45, 2.75) is 26.3 Å². The number of aliphatic imine (C=N–C) groups is 1. The molecular formula is C13H14BrN3O2.